The van der Waals surface area contributed by atoms with E-state index >= 15 is 0 Å². The second kappa shape index (κ2) is 8.78. The number of hydrogen-bond donors (Lipinski definition) is 1. The van der Waals surface area contributed by atoms with Gasteiger partial charge in [-0.05, 0) is 30.5 Å². The van der Waals surface area contributed by atoms with Crippen molar-refractivity contribution in [1.82, 2.24) is 20.0 Å². The number of benzene rings is 1. The molecule has 9 heteroatoms. The largest absolute Gasteiger partial charge is 0.366 e. The van der Waals surface area contributed by atoms with Crippen LogP contribution in [0.4, 0.5) is 5.95 Å². The van der Waals surface area contributed by atoms with Crippen molar-refractivity contribution in [2.24, 2.45) is 5.73 Å². The Bertz CT molecular complexity index is 1140. The number of nitrogens with zero attached hydrogens (tertiary/aromatic N) is 5. The molecule has 3 aromatic rings. The van der Waals surface area contributed by atoms with E-state index in [1.165, 1.54) is 0 Å². The number of rotatable bonds is 6. The smallest absolute Gasteiger partial charge is 0.292 e. The van der Waals surface area contributed by atoms with E-state index in [2.05, 4.69) is 10.1 Å². The van der Waals surface area contributed by atoms with Gasteiger partial charge in [-0.1, -0.05) is 24.2 Å². The molecule has 4 rings (SSSR count). The Kier molecular flexibility index (Phi) is 5.89. The molecule has 0 saturated carbocycles. The molecular weight excluding hydrogens is 408 g/mol. The molecule has 0 spiro atoms. The zero-order valence-corrected chi connectivity index (χ0v) is 18.4. The maximum atomic E-state index is 12.9. The number of carbonyl (C=O) groups excluding carboxylic acids is 2. The molecule has 0 aliphatic carbocycles. The zero-order valence-electron chi connectivity index (χ0n) is 18.4. The van der Waals surface area contributed by atoms with Gasteiger partial charge in [-0.2, -0.15) is 0 Å². The molecule has 32 heavy (non-hydrogen) atoms. The van der Waals surface area contributed by atoms with Crippen molar-refractivity contribution >= 4 is 17.8 Å². The van der Waals surface area contributed by atoms with Crippen LogP contribution < -0.4 is 10.6 Å². The second-order valence-electron chi connectivity index (χ2n) is 8.08. The lowest BCUT2D eigenvalue weighted by Crippen LogP contribution is -2.28. The van der Waals surface area contributed by atoms with Crippen LogP contribution in [0.15, 0.2) is 41.1 Å². The van der Waals surface area contributed by atoms with Gasteiger partial charge in [0.2, 0.25) is 17.6 Å². The molecular formula is C23H26N6O3. The maximum absolute atomic E-state index is 12.9. The van der Waals surface area contributed by atoms with Crippen molar-refractivity contribution in [2.45, 2.75) is 25.7 Å². The third-order valence-electron chi connectivity index (χ3n) is 5.68. The summed E-state index contributed by atoms with van der Waals surface area (Å²) in [5.41, 5.74) is 9.21. The molecule has 1 atom stereocenters. The van der Waals surface area contributed by atoms with Crippen LogP contribution >= 0.6 is 0 Å². The Morgan fingerprint density at radius 3 is 2.62 bits per heavy atom. The Balaban J connectivity index is 1.63. The predicted molar refractivity (Wildman–Crippen MR) is 119 cm³/mol. The fraction of sp³-hybridized carbons (Fsp3) is 0.348. The monoisotopic (exact) mass is 434 g/mol. The first-order chi connectivity index (χ1) is 15.4. The SMILES string of the molecule is CCc1cc(C(=O)N2CCC(c3nc(N(C)C)ncc3-c3ccc(C(N)=O)cc3)C2)on1. The highest BCUT2D eigenvalue weighted by Crippen LogP contribution is 2.34. The van der Waals surface area contributed by atoms with Crippen LogP contribution in [0.25, 0.3) is 11.1 Å². The lowest BCUT2D eigenvalue weighted by Gasteiger charge is -2.19. The van der Waals surface area contributed by atoms with Gasteiger partial charge in [0.05, 0.1) is 11.4 Å². The number of nitrogens with two attached hydrogens (primary N) is 1. The minimum Gasteiger partial charge on any atom is -0.366 e. The van der Waals surface area contributed by atoms with Crippen LogP contribution in [-0.2, 0) is 6.42 Å². The summed E-state index contributed by atoms with van der Waals surface area (Å²) in [4.78, 5) is 37.2. The van der Waals surface area contributed by atoms with E-state index in [9.17, 15) is 9.59 Å². The molecule has 0 bridgehead atoms. The lowest BCUT2D eigenvalue weighted by molar-refractivity contribution is 0.0749. The maximum Gasteiger partial charge on any atom is 0.292 e. The molecule has 2 amide bonds. The molecule has 3 heterocycles. The van der Waals surface area contributed by atoms with Crippen molar-refractivity contribution < 1.29 is 14.1 Å². The van der Waals surface area contributed by atoms with Gasteiger partial charge >= 0.3 is 0 Å². The molecule has 0 radical (unpaired) electrons. The third-order valence-corrected chi connectivity index (χ3v) is 5.68. The van der Waals surface area contributed by atoms with Crippen molar-refractivity contribution in [2.75, 3.05) is 32.1 Å². The molecule has 1 aliphatic rings. The number of likely N-dealkylation sites (tertiary alicyclic amines) is 1. The highest BCUT2D eigenvalue weighted by Gasteiger charge is 2.32. The first kappa shape index (κ1) is 21.5. The Morgan fingerprint density at radius 1 is 1.25 bits per heavy atom. The number of aromatic nitrogens is 3. The molecule has 2 N–H and O–H groups in total. The number of amides is 2. The summed E-state index contributed by atoms with van der Waals surface area (Å²) in [7, 11) is 3.78. The van der Waals surface area contributed by atoms with Crippen molar-refractivity contribution in [1.29, 1.82) is 0 Å². The van der Waals surface area contributed by atoms with Crippen LogP contribution in [0.5, 0.6) is 0 Å². The second-order valence-corrected chi connectivity index (χ2v) is 8.08. The predicted octanol–water partition coefficient (Wildman–Crippen LogP) is 2.49. The molecule has 1 unspecified atom stereocenters. The fourth-order valence-electron chi connectivity index (χ4n) is 3.85. The minimum absolute atomic E-state index is 0.0417. The number of hydrogen-bond acceptors (Lipinski definition) is 7. The molecule has 2 aromatic heterocycles. The molecule has 166 valence electrons. The van der Waals surface area contributed by atoms with Crippen LogP contribution in [0.2, 0.25) is 0 Å². The molecule has 1 saturated heterocycles. The Labute approximate surface area is 186 Å². The van der Waals surface area contributed by atoms with Crippen LogP contribution in [-0.4, -0.2) is 59.0 Å². The van der Waals surface area contributed by atoms with Gasteiger partial charge in [0, 0.05) is 56.5 Å². The van der Waals surface area contributed by atoms with E-state index in [0.29, 0.717) is 31.0 Å². The molecule has 1 aromatic carbocycles. The summed E-state index contributed by atoms with van der Waals surface area (Å²) in [5.74, 6) is 0.278. The van der Waals surface area contributed by atoms with Gasteiger partial charge in [-0.25, -0.2) is 9.97 Å². The number of anilines is 1. The number of primary amides is 1. The first-order valence-corrected chi connectivity index (χ1v) is 10.6. The number of aryl methyl sites for hydroxylation is 1. The van der Waals surface area contributed by atoms with Gasteiger partial charge in [-0.3, -0.25) is 9.59 Å². The summed E-state index contributed by atoms with van der Waals surface area (Å²) < 4.78 is 5.23. The van der Waals surface area contributed by atoms with Crippen LogP contribution in [0.1, 0.15) is 51.6 Å². The van der Waals surface area contributed by atoms with Crippen molar-refractivity contribution in [3.8, 4) is 11.1 Å². The summed E-state index contributed by atoms with van der Waals surface area (Å²) in [5, 5.41) is 3.93. The highest BCUT2D eigenvalue weighted by atomic mass is 16.5. The average Bonchev–Trinajstić information content (AvgIpc) is 3.48. The average molecular weight is 435 g/mol. The van der Waals surface area contributed by atoms with Gasteiger partial charge < -0.3 is 20.1 Å². The Hall–Kier alpha value is -3.75. The van der Waals surface area contributed by atoms with Gasteiger partial charge in [0.25, 0.3) is 5.91 Å². The molecule has 1 aliphatic heterocycles. The first-order valence-electron chi connectivity index (χ1n) is 10.6. The summed E-state index contributed by atoms with van der Waals surface area (Å²) in [6.07, 6.45) is 3.29. The van der Waals surface area contributed by atoms with E-state index < -0.39 is 5.91 Å². The standard InChI is InChI=1S/C23H26N6O3/c1-4-17-11-19(32-27-17)22(31)29-10-9-16(13-29)20-18(12-25-23(26-20)28(2)3)14-5-7-15(8-6-14)21(24)30/h5-8,11-12,16H,4,9-10,13H2,1-3H3,(H2,24,30). The van der Waals surface area contributed by atoms with Gasteiger partial charge in [0.15, 0.2) is 0 Å². The lowest BCUT2D eigenvalue weighted by atomic mass is 9.95. The summed E-state index contributed by atoms with van der Waals surface area (Å²) in [6, 6.07) is 8.78. The van der Waals surface area contributed by atoms with E-state index in [0.717, 1.165) is 28.9 Å². The van der Waals surface area contributed by atoms with Gasteiger partial charge in [-0.15, -0.1) is 0 Å². The number of carbonyl (C=O) groups is 2. The van der Waals surface area contributed by atoms with Crippen molar-refractivity contribution in [3.63, 3.8) is 0 Å². The van der Waals surface area contributed by atoms with E-state index in [1.54, 1.807) is 29.3 Å². The Morgan fingerprint density at radius 2 is 2.00 bits per heavy atom. The quantitative estimate of drug-likeness (QED) is 0.633. The van der Waals surface area contributed by atoms with Crippen molar-refractivity contribution in [3.05, 3.63) is 59.2 Å². The van der Waals surface area contributed by atoms with E-state index in [-0.39, 0.29) is 17.6 Å². The summed E-state index contributed by atoms with van der Waals surface area (Å²) in [6.45, 7) is 3.09. The fourth-order valence-corrected chi connectivity index (χ4v) is 3.85. The highest BCUT2D eigenvalue weighted by molar-refractivity contribution is 5.93. The zero-order chi connectivity index (χ0) is 22.8. The molecule has 9 nitrogen and oxygen atoms in total. The molecule has 1 fully saturated rings. The van der Waals surface area contributed by atoms with Gasteiger partial charge in [0.1, 0.15) is 0 Å². The van der Waals surface area contributed by atoms with Crippen LogP contribution in [0.3, 0.4) is 0 Å². The summed E-state index contributed by atoms with van der Waals surface area (Å²) >= 11 is 0. The minimum atomic E-state index is -0.473. The van der Waals surface area contributed by atoms with Crippen LogP contribution in [0, 0.1) is 0 Å². The van der Waals surface area contributed by atoms with E-state index in [1.807, 2.05) is 38.1 Å². The topological polar surface area (TPSA) is 118 Å². The third kappa shape index (κ3) is 4.18. The van der Waals surface area contributed by atoms with E-state index in [4.69, 9.17) is 15.2 Å². The normalized spacial score (nSPS) is 15.7.